The zero-order valence-electron chi connectivity index (χ0n) is 13.9. The summed E-state index contributed by atoms with van der Waals surface area (Å²) in [6.07, 6.45) is 0. The number of thiocarbonyl (C=S) groups is 1. The Kier molecular flexibility index (Phi) is 6.11. The van der Waals surface area contributed by atoms with E-state index in [9.17, 15) is 0 Å². The van der Waals surface area contributed by atoms with Crippen LogP contribution in [0.15, 0.2) is 30.3 Å². The van der Waals surface area contributed by atoms with Gasteiger partial charge in [-0.25, -0.2) is 0 Å². The van der Waals surface area contributed by atoms with Crippen molar-refractivity contribution in [2.45, 2.75) is 6.92 Å². The monoisotopic (exact) mass is 366 g/mol. The molecule has 0 aliphatic heterocycles. The number of halogens is 1. The van der Waals surface area contributed by atoms with Gasteiger partial charge in [-0.15, -0.1) is 0 Å². The summed E-state index contributed by atoms with van der Waals surface area (Å²) in [7, 11) is 4.68. The largest absolute Gasteiger partial charge is 0.493 e. The molecule has 0 heterocycles. The molecular formula is C17H19ClN2O3S. The number of ether oxygens (including phenoxy) is 3. The van der Waals surface area contributed by atoms with Crippen LogP contribution < -0.4 is 24.8 Å². The lowest BCUT2D eigenvalue weighted by Crippen LogP contribution is -2.19. The van der Waals surface area contributed by atoms with Crippen LogP contribution in [-0.2, 0) is 0 Å². The van der Waals surface area contributed by atoms with Crippen molar-refractivity contribution in [1.82, 2.24) is 0 Å². The molecule has 0 aliphatic carbocycles. The topological polar surface area (TPSA) is 51.8 Å². The van der Waals surface area contributed by atoms with Crippen LogP contribution in [0.1, 0.15) is 5.56 Å². The molecule has 2 rings (SSSR count). The fourth-order valence-electron chi connectivity index (χ4n) is 2.12. The van der Waals surface area contributed by atoms with Crippen LogP contribution in [0.25, 0.3) is 0 Å². The Morgan fingerprint density at radius 3 is 2.00 bits per heavy atom. The van der Waals surface area contributed by atoms with Gasteiger partial charge in [-0.1, -0.05) is 17.7 Å². The third-order valence-electron chi connectivity index (χ3n) is 3.35. The summed E-state index contributed by atoms with van der Waals surface area (Å²) in [5.41, 5.74) is 2.52. The average Bonchev–Trinajstić information content (AvgIpc) is 2.57. The van der Waals surface area contributed by atoms with Crippen LogP contribution >= 0.6 is 23.8 Å². The molecule has 0 aliphatic rings. The van der Waals surface area contributed by atoms with E-state index < -0.39 is 0 Å². The lowest BCUT2D eigenvalue weighted by atomic mass is 10.2. The second kappa shape index (κ2) is 8.08. The van der Waals surface area contributed by atoms with E-state index in [1.807, 2.05) is 25.1 Å². The summed E-state index contributed by atoms with van der Waals surface area (Å²) >= 11 is 11.5. The van der Waals surface area contributed by atoms with Crippen molar-refractivity contribution >= 4 is 40.3 Å². The predicted octanol–water partition coefficient (Wildman–Crippen LogP) is 4.48. The number of hydrogen-bond donors (Lipinski definition) is 2. The van der Waals surface area contributed by atoms with E-state index in [1.165, 1.54) is 0 Å². The van der Waals surface area contributed by atoms with Crippen LogP contribution in [0.4, 0.5) is 11.4 Å². The molecule has 0 saturated heterocycles. The number of rotatable bonds is 5. The Balaban J connectivity index is 2.17. The standard InChI is InChI=1S/C17H19ClN2O3S/c1-10-5-6-11(7-13(10)18)19-17(24)20-12-8-14(21-2)16(23-4)15(9-12)22-3/h5-9H,1-4H3,(H2,19,20,24). The molecule has 0 spiro atoms. The molecule has 0 aromatic heterocycles. The Labute approximate surface area is 151 Å². The second-order valence-electron chi connectivity index (χ2n) is 4.96. The Hall–Kier alpha value is -2.18. The molecule has 0 radical (unpaired) electrons. The maximum atomic E-state index is 6.12. The van der Waals surface area contributed by atoms with Crippen LogP contribution in [-0.4, -0.2) is 26.4 Å². The number of methoxy groups -OCH3 is 3. The highest BCUT2D eigenvalue weighted by Crippen LogP contribution is 2.39. The van der Waals surface area contributed by atoms with Gasteiger partial charge < -0.3 is 24.8 Å². The lowest BCUT2D eigenvalue weighted by molar-refractivity contribution is 0.324. The molecule has 128 valence electrons. The first-order valence-corrected chi connectivity index (χ1v) is 7.91. The molecule has 0 atom stereocenters. The fraction of sp³-hybridized carbons (Fsp3) is 0.235. The van der Waals surface area contributed by atoms with Gasteiger partial charge in [-0.05, 0) is 36.8 Å². The smallest absolute Gasteiger partial charge is 0.203 e. The summed E-state index contributed by atoms with van der Waals surface area (Å²) < 4.78 is 15.9. The summed E-state index contributed by atoms with van der Waals surface area (Å²) in [4.78, 5) is 0. The van der Waals surface area contributed by atoms with Gasteiger partial charge in [0.1, 0.15) is 0 Å². The third-order valence-corrected chi connectivity index (χ3v) is 3.96. The normalized spacial score (nSPS) is 10.0. The van der Waals surface area contributed by atoms with E-state index in [2.05, 4.69) is 10.6 Å². The van der Waals surface area contributed by atoms with Gasteiger partial charge in [0, 0.05) is 28.5 Å². The second-order valence-corrected chi connectivity index (χ2v) is 5.77. The Bertz CT molecular complexity index is 728. The predicted molar refractivity (Wildman–Crippen MR) is 102 cm³/mol. The van der Waals surface area contributed by atoms with Crippen LogP contribution in [0.3, 0.4) is 0 Å². The van der Waals surface area contributed by atoms with Crippen molar-refractivity contribution in [2.24, 2.45) is 0 Å². The average molecular weight is 367 g/mol. The molecule has 0 amide bonds. The molecule has 2 N–H and O–H groups in total. The first-order valence-electron chi connectivity index (χ1n) is 7.12. The molecule has 2 aromatic carbocycles. The number of hydrogen-bond acceptors (Lipinski definition) is 4. The highest BCUT2D eigenvalue weighted by atomic mass is 35.5. The van der Waals surface area contributed by atoms with Crippen molar-refractivity contribution < 1.29 is 14.2 Å². The molecule has 24 heavy (non-hydrogen) atoms. The minimum absolute atomic E-state index is 0.421. The van der Waals surface area contributed by atoms with Crippen LogP contribution in [0.5, 0.6) is 17.2 Å². The number of aryl methyl sites for hydroxylation is 1. The molecule has 0 unspecified atom stereocenters. The summed E-state index contributed by atoms with van der Waals surface area (Å²) in [5, 5.41) is 7.27. The highest BCUT2D eigenvalue weighted by molar-refractivity contribution is 7.80. The van der Waals surface area contributed by atoms with Crippen molar-refractivity contribution in [3.05, 3.63) is 40.9 Å². The zero-order valence-corrected chi connectivity index (χ0v) is 15.5. The minimum Gasteiger partial charge on any atom is -0.493 e. The maximum absolute atomic E-state index is 6.12. The van der Waals surface area contributed by atoms with Crippen molar-refractivity contribution in [1.29, 1.82) is 0 Å². The molecule has 0 bridgehead atoms. The zero-order chi connectivity index (χ0) is 17.7. The molecule has 0 saturated carbocycles. The summed E-state index contributed by atoms with van der Waals surface area (Å²) in [6, 6.07) is 9.20. The summed E-state index contributed by atoms with van der Waals surface area (Å²) in [5.74, 6) is 1.61. The molecule has 0 fully saturated rings. The molecule has 2 aromatic rings. The van der Waals surface area contributed by atoms with Gasteiger partial charge in [-0.2, -0.15) is 0 Å². The fourth-order valence-corrected chi connectivity index (χ4v) is 2.53. The van der Waals surface area contributed by atoms with Crippen molar-refractivity contribution in [3.8, 4) is 17.2 Å². The van der Waals surface area contributed by atoms with Gasteiger partial charge >= 0.3 is 0 Å². The van der Waals surface area contributed by atoms with Crippen LogP contribution in [0.2, 0.25) is 5.02 Å². The van der Waals surface area contributed by atoms with Gasteiger partial charge in [0.05, 0.1) is 21.3 Å². The summed E-state index contributed by atoms with van der Waals surface area (Å²) in [6.45, 7) is 1.94. The minimum atomic E-state index is 0.421. The SMILES string of the molecule is COc1cc(NC(=S)Nc2ccc(C)c(Cl)c2)cc(OC)c1OC. The van der Waals surface area contributed by atoms with E-state index in [-0.39, 0.29) is 0 Å². The van der Waals surface area contributed by atoms with Crippen LogP contribution in [0, 0.1) is 6.92 Å². The number of benzene rings is 2. The molecular weight excluding hydrogens is 348 g/mol. The van der Waals surface area contributed by atoms with E-state index in [0.29, 0.717) is 33.1 Å². The molecule has 7 heteroatoms. The number of nitrogens with one attached hydrogen (secondary N) is 2. The first-order chi connectivity index (χ1) is 11.5. The Morgan fingerprint density at radius 1 is 0.917 bits per heavy atom. The van der Waals surface area contributed by atoms with Gasteiger partial charge in [0.2, 0.25) is 5.75 Å². The Morgan fingerprint density at radius 2 is 1.50 bits per heavy atom. The van der Waals surface area contributed by atoms with Crippen molar-refractivity contribution in [3.63, 3.8) is 0 Å². The lowest BCUT2D eigenvalue weighted by Gasteiger charge is -2.16. The van der Waals surface area contributed by atoms with E-state index in [0.717, 1.165) is 11.3 Å². The third kappa shape index (κ3) is 4.21. The first kappa shape index (κ1) is 18.2. The number of anilines is 2. The molecule has 5 nitrogen and oxygen atoms in total. The van der Waals surface area contributed by atoms with Gasteiger partial charge in [-0.3, -0.25) is 0 Å². The highest BCUT2D eigenvalue weighted by Gasteiger charge is 2.13. The maximum Gasteiger partial charge on any atom is 0.203 e. The van der Waals surface area contributed by atoms with E-state index in [4.69, 9.17) is 38.0 Å². The van der Waals surface area contributed by atoms with Gasteiger partial charge in [0.15, 0.2) is 16.6 Å². The van der Waals surface area contributed by atoms with Crippen molar-refractivity contribution in [2.75, 3.05) is 32.0 Å². The van der Waals surface area contributed by atoms with E-state index >= 15 is 0 Å². The quantitative estimate of drug-likeness (QED) is 0.761. The van der Waals surface area contributed by atoms with E-state index in [1.54, 1.807) is 33.5 Å². The van der Waals surface area contributed by atoms with Gasteiger partial charge in [0.25, 0.3) is 0 Å².